The van der Waals surface area contributed by atoms with Gasteiger partial charge in [-0.15, -0.1) is 0 Å². The molecule has 2 aromatic heterocycles. The first-order valence-corrected chi connectivity index (χ1v) is 8.13. The number of benzene rings is 2. The first kappa shape index (κ1) is 16.0. The molecule has 26 heavy (non-hydrogen) atoms. The molecule has 2 aromatic carbocycles. The quantitative estimate of drug-likeness (QED) is 0.491. The van der Waals surface area contributed by atoms with E-state index in [0.717, 1.165) is 11.1 Å². The summed E-state index contributed by atoms with van der Waals surface area (Å²) in [5.74, 6) is 2.90. The first-order chi connectivity index (χ1) is 12.8. The monoisotopic (exact) mass is 347 g/mol. The van der Waals surface area contributed by atoms with Gasteiger partial charge in [-0.25, -0.2) is 4.98 Å². The number of ether oxygens (including phenoxy) is 2. The normalized spacial score (nSPS) is 10.7. The second kappa shape index (κ2) is 6.80. The van der Waals surface area contributed by atoms with E-state index in [4.69, 9.17) is 23.3 Å². The summed E-state index contributed by atoms with van der Waals surface area (Å²) < 4.78 is 22.7. The lowest BCUT2D eigenvalue weighted by atomic mass is 10.1. The summed E-state index contributed by atoms with van der Waals surface area (Å²) in [7, 11) is 3.23. The molecule has 0 saturated heterocycles. The topological polar surface area (TPSA) is 57.6 Å². The number of furan rings is 1. The molecule has 0 radical (unpaired) electrons. The predicted molar refractivity (Wildman–Crippen MR) is 98.2 cm³/mol. The molecule has 0 amide bonds. The van der Waals surface area contributed by atoms with E-state index in [-0.39, 0.29) is 0 Å². The van der Waals surface area contributed by atoms with Crippen LogP contribution in [-0.4, -0.2) is 19.2 Å². The van der Waals surface area contributed by atoms with Crippen LogP contribution in [0, 0.1) is 0 Å². The van der Waals surface area contributed by atoms with Crippen molar-refractivity contribution in [1.29, 1.82) is 0 Å². The first-order valence-electron chi connectivity index (χ1n) is 8.13. The molecule has 5 nitrogen and oxygen atoms in total. The zero-order valence-corrected chi connectivity index (χ0v) is 14.4. The Labute approximate surface area is 150 Å². The number of oxazole rings is 1. The smallest absolute Gasteiger partial charge is 0.227 e. The van der Waals surface area contributed by atoms with Crippen molar-refractivity contribution < 1.29 is 18.3 Å². The summed E-state index contributed by atoms with van der Waals surface area (Å²) in [5.41, 5.74) is 2.20. The Bertz CT molecular complexity index is 982. The fraction of sp³-hybridized carbons (Fsp3) is 0.0952. The fourth-order valence-electron chi connectivity index (χ4n) is 2.85. The molecule has 130 valence electrons. The Morgan fingerprint density at radius 1 is 0.808 bits per heavy atom. The molecule has 0 aliphatic heterocycles. The molecule has 4 aromatic rings. The summed E-state index contributed by atoms with van der Waals surface area (Å²) in [6, 6.07) is 19.0. The van der Waals surface area contributed by atoms with Crippen LogP contribution in [0.15, 0.2) is 75.8 Å². The number of rotatable bonds is 5. The number of hydrogen-bond donors (Lipinski definition) is 0. The highest BCUT2D eigenvalue weighted by Crippen LogP contribution is 2.44. The predicted octanol–water partition coefficient (Wildman–Crippen LogP) is 5.29. The van der Waals surface area contributed by atoms with Gasteiger partial charge in [-0.05, 0) is 36.4 Å². The van der Waals surface area contributed by atoms with E-state index in [2.05, 4.69) is 0 Å². The lowest BCUT2D eigenvalue weighted by Crippen LogP contribution is -1.94. The van der Waals surface area contributed by atoms with E-state index >= 15 is 0 Å². The lowest BCUT2D eigenvalue weighted by Gasteiger charge is -2.11. The minimum absolute atomic E-state index is 0.500. The van der Waals surface area contributed by atoms with Crippen LogP contribution in [0.2, 0.25) is 0 Å². The summed E-state index contributed by atoms with van der Waals surface area (Å²) in [5, 5.41) is 0. The van der Waals surface area contributed by atoms with E-state index in [0.29, 0.717) is 34.6 Å². The molecular weight excluding hydrogens is 330 g/mol. The van der Waals surface area contributed by atoms with Gasteiger partial charge in [0.05, 0.1) is 26.0 Å². The van der Waals surface area contributed by atoms with Crippen LogP contribution in [-0.2, 0) is 0 Å². The Hall–Kier alpha value is -3.47. The second-order valence-corrected chi connectivity index (χ2v) is 5.58. The molecule has 4 rings (SSSR count). The third-order valence-electron chi connectivity index (χ3n) is 4.06. The fourth-order valence-corrected chi connectivity index (χ4v) is 2.85. The average molecular weight is 347 g/mol. The molecule has 0 aliphatic rings. The zero-order chi connectivity index (χ0) is 17.9. The third kappa shape index (κ3) is 2.73. The largest absolute Gasteiger partial charge is 0.496 e. The molecule has 0 saturated carbocycles. The van der Waals surface area contributed by atoms with Gasteiger partial charge in [0.2, 0.25) is 5.89 Å². The standard InChI is InChI=1S/C21H17NO4/c1-23-15-10-6-11-16(24-2)18(15)19-20(17-12-7-13-25-17)26-21(22-19)14-8-4-3-5-9-14/h3-13H,1-2H3. The van der Waals surface area contributed by atoms with Gasteiger partial charge in [-0.1, -0.05) is 24.3 Å². The summed E-state index contributed by atoms with van der Waals surface area (Å²) >= 11 is 0. The average Bonchev–Trinajstić information content (AvgIpc) is 3.37. The SMILES string of the molecule is COc1cccc(OC)c1-c1nc(-c2ccccc2)oc1-c1ccco1. The van der Waals surface area contributed by atoms with Crippen molar-refractivity contribution in [2.75, 3.05) is 14.2 Å². The third-order valence-corrected chi connectivity index (χ3v) is 4.06. The van der Waals surface area contributed by atoms with Gasteiger partial charge >= 0.3 is 0 Å². The van der Waals surface area contributed by atoms with Gasteiger partial charge in [-0.2, -0.15) is 0 Å². The van der Waals surface area contributed by atoms with Crippen molar-refractivity contribution in [1.82, 2.24) is 4.98 Å². The molecule has 0 fully saturated rings. The maximum atomic E-state index is 6.08. The molecule has 5 heteroatoms. The van der Waals surface area contributed by atoms with Crippen LogP contribution in [0.25, 0.3) is 34.2 Å². The molecule has 0 spiro atoms. The van der Waals surface area contributed by atoms with Crippen molar-refractivity contribution in [3.8, 4) is 45.7 Å². The van der Waals surface area contributed by atoms with Crippen molar-refractivity contribution in [3.63, 3.8) is 0 Å². The van der Waals surface area contributed by atoms with E-state index in [1.165, 1.54) is 0 Å². The summed E-state index contributed by atoms with van der Waals surface area (Å²) in [6.07, 6.45) is 1.60. The van der Waals surface area contributed by atoms with Crippen LogP contribution in [0.5, 0.6) is 11.5 Å². The molecule has 0 N–H and O–H groups in total. The minimum atomic E-state index is 0.500. The van der Waals surface area contributed by atoms with Gasteiger partial charge in [0.25, 0.3) is 0 Å². The van der Waals surface area contributed by atoms with E-state index in [1.54, 1.807) is 20.5 Å². The highest BCUT2D eigenvalue weighted by molar-refractivity contribution is 5.84. The highest BCUT2D eigenvalue weighted by Gasteiger charge is 2.25. The van der Waals surface area contributed by atoms with Crippen LogP contribution >= 0.6 is 0 Å². The van der Waals surface area contributed by atoms with Gasteiger partial charge in [0.1, 0.15) is 17.2 Å². The van der Waals surface area contributed by atoms with Gasteiger partial charge in [0.15, 0.2) is 11.5 Å². The molecular formula is C21H17NO4. The van der Waals surface area contributed by atoms with E-state index in [1.807, 2.05) is 60.7 Å². The highest BCUT2D eigenvalue weighted by atomic mass is 16.5. The van der Waals surface area contributed by atoms with Crippen molar-refractivity contribution in [2.24, 2.45) is 0 Å². The van der Waals surface area contributed by atoms with Crippen molar-refractivity contribution in [2.45, 2.75) is 0 Å². The van der Waals surface area contributed by atoms with Crippen LogP contribution in [0.3, 0.4) is 0 Å². The number of hydrogen-bond acceptors (Lipinski definition) is 5. The van der Waals surface area contributed by atoms with Gasteiger partial charge in [-0.3, -0.25) is 0 Å². The Morgan fingerprint density at radius 2 is 1.54 bits per heavy atom. The number of methoxy groups -OCH3 is 2. The Morgan fingerprint density at radius 3 is 2.15 bits per heavy atom. The second-order valence-electron chi connectivity index (χ2n) is 5.58. The minimum Gasteiger partial charge on any atom is -0.496 e. The number of aromatic nitrogens is 1. The molecule has 2 heterocycles. The molecule has 0 atom stereocenters. The maximum absolute atomic E-state index is 6.08. The molecule has 0 unspecified atom stereocenters. The summed E-state index contributed by atoms with van der Waals surface area (Å²) in [6.45, 7) is 0. The molecule has 0 aliphatic carbocycles. The van der Waals surface area contributed by atoms with Crippen LogP contribution < -0.4 is 9.47 Å². The molecule has 0 bridgehead atoms. The Kier molecular flexibility index (Phi) is 4.19. The van der Waals surface area contributed by atoms with Crippen molar-refractivity contribution >= 4 is 0 Å². The number of nitrogens with zero attached hydrogens (tertiary/aromatic N) is 1. The van der Waals surface area contributed by atoms with Gasteiger partial charge in [0, 0.05) is 5.56 Å². The van der Waals surface area contributed by atoms with Gasteiger partial charge < -0.3 is 18.3 Å². The summed E-state index contributed by atoms with van der Waals surface area (Å²) in [4.78, 5) is 4.74. The van der Waals surface area contributed by atoms with Crippen LogP contribution in [0.4, 0.5) is 0 Å². The van der Waals surface area contributed by atoms with Crippen LogP contribution in [0.1, 0.15) is 0 Å². The lowest BCUT2D eigenvalue weighted by molar-refractivity contribution is 0.397. The van der Waals surface area contributed by atoms with Crippen molar-refractivity contribution in [3.05, 3.63) is 66.9 Å². The maximum Gasteiger partial charge on any atom is 0.227 e. The zero-order valence-electron chi connectivity index (χ0n) is 14.4. The van der Waals surface area contributed by atoms with E-state index < -0.39 is 0 Å². The Balaban J connectivity index is 1.98. The van der Waals surface area contributed by atoms with E-state index in [9.17, 15) is 0 Å².